The summed E-state index contributed by atoms with van der Waals surface area (Å²) >= 11 is 12.9. The lowest BCUT2D eigenvalue weighted by Gasteiger charge is -2.16. The van der Waals surface area contributed by atoms with Gasteiger partial charge in [-0.3, -0.25) is 9.89 Å². The van der Waals surface area contributed by atoms with Crippen molar-refractivity contribution in [2.75, 3.05) is 12.4 Å². The van der Waals surface area contributed by atoms with Gasteiger partial charge in [0.2, 0.25) is 0 Å². The maximum Gasteiger partial charge on any atom is 0.337 e. The van der Waals surface area contributed by atoms with Gasteiger partial charge in [-0.1, -0.05) is 44.0 Å². The Kier molecular flexibility index (Phi) is 5.90. The second-order valence-corrected chi connectivity index (χ2v) is 9.22. The number of aromatic nitrogens is 4. The van der Waals surface area contributed by atoms with Crippen LogP contribution in [0.25, 0.3) is 17.0 Å². The van der Waals surface area contributed by atoms with Crippen molar-refractivity contribution < 1.29 is 14.3 Å². The van der Waals surface area contributed by atoms with Crippen LogP contribution in [0.1, 0.15) is 47.2 Å². The van der Waals surface area contributed by atoms with E-state index in [2.05, 4.69) is 25.2 Å². The van der Waals surface area contributed by atoms with Crippen molar-refractivity contribution in [1.29, 1.82) is 0 Å². The highest BCUT2D eigenvalue weighted by atomic mass is 35.5. The van der Waals surface area contributed by atoms with Crippen molar-refractivity contribution >= 4 is 46.4 Å². The van der Waals surface area contributed by atoms with Crippen LogP contribution in [0.3, 0.4) is 0 Å². The molecule has 10 heteroatoms. The van der Waals surface area contributed by atoms with E-state index in [1.807, 2.05) is 20.8 Å². The van der Waals surface area contributed by atoms with Crippen LogP contribution in [0.15, 0.2) is 42.5 Å². The smallest absolute Gasteiger partial charge is 0.337 e. The van der Waals surface area contributed by atoms with Gasteiger partial charge in [0, 0.05) is 22.2 Å². The fourth-order valence-corrected chi connectivity index (χ4v) is 3.91. The molecule has 0 bridgehead atoms. The Balaban J connectivity index is 1.60. The van der Waals surface area contributed by atoms with Crippen molar-refractivity contribution in [3.8, 4) is 11.4 Å². The predicted molar refractivity (Wildman–Crippen MR) is 127 cm³/mol. The molecule has 0 aliphatic carbocycles. The minimum atomic E-state index is -0.470. The first kappa shape index (κ1) is 22.8. The number of methoxy groups -OCH3 is 1. The molecule has 2 aromatic heterocycles. The van der Waals surface area contributed by atoms with E-state index in [1.54, 1.807) is 30.3 Å². The van der Waals surface area contributed by atoms with Crippen LogP contribution in [-0.4, -0.2) is 38.8 Å². The summed E-state index contributed by atoms with van der Waals surface area (Å²) in [5, 5.41) is 11.4. The molecule has 0 saturated heterocycles. The number of hydrogen-bond acceptors (Lipinski definition) is 5. The normalized spacial score (nSPS) is 11.6. The number of nitrogens with one attached hydrogen (secondary N) is 2. The third-order valence-corrected chi connectivity index (χ3v) is 5.71. The number of H-pyrrole nitrogens is 1. The number of halogens is 2. The number of fused-ring (bicyclic) bond motifs is 1. The van der Waals surface area contributed by atoms with Gasteiger partial charge in [-0.2, -0.15) is 4.63 Å². The number of amides is 1. The first-order valence-corrected chi connectivity index (χ1v) is 10.8. The number of aromatic amines is 1. The number of carbonyl (C=O) groups excluding carboxylic acids is 2. The molecule has 1 amide bonds. The quantitative estimate of drug-likeness (QED) is 0.378. The molecule has 2 heterocycles. The van der Waals surface area contributed by atoms with E-state index in [-0.39, 0.29) is 11.3 Å². The summed E-state index contributed by atoms with van der Waals surface area (Å²) in [6, 6.07) is 11.2. The third-order valence-electron chi connectivity index (χ3n) is 5.02. The number of benzene rings is 2. The summed E-state index contributed by atoms with van der Waals surface area (Å²) < 4.78 is 6.19. The van der Waals surface area contributed by atoms with E-state index >= 15 is 0 Å². The molecule has 170 valence electrons. The summed E-state index contributed by atoms with van der Waals surface area (Å²) in [6.45, 7) is 6.12. The van der Waals surface area contributed by atoms with Crippen LogP contribution < -0.4 is 5.32 Å². The van der Waals surface area contributed by atoms with Gasteiger partial charge < -0.3 is 10.1 Å². The van der Waals surface area contributed by atoms with E-state index < -0.39 is 5.97 Å². The van der Waals surface area contributed by atoms with Crippen LogP contribution in [0.4, 0.5) is 5.69 Å². The van der Waals surface area contributed by atoms with Crippen LogP contribution in [-0.2, 0) is 10.2 Å². The molecule has 8 nitrogen and oxygen atoms in total. The van der Waals surface area contributed by atoms with Gasteiger partial charge in [0.15, 0.2) is 11.5 Å². The molecule has 2 aromatic carbocycles. The van der Waals surface area contributed by atoms with Crippen molar-refractivity contribution in [2.45, 2.75) is 26.2 Å². The van der Waals surface area contributed by atoms with Crippen molar-refractivity contribution in [3.05, 3.63) is 69.3 Å². The summed E-state index contributed by atoms with van der Waals surface area (Å²) in [7, 11) is 1.30. The van der Waals surface area contributed by atoms with Gasteiger partial charge in [-0.15, -0.1) is 5.10 Å². The van der Waals surface area contributed by atoms with Crippen LogP contribution in [0, 0.1) is 0 Å². The Labute approximate surface area is 199 Å². The van der Waals surface area contributed by atoms with Crippen molar-refractivity contribution in [1.82, 2.24) is 19.8 Å². The SMILES string of the molecule is COC(=O)c1ccc(C(=O)Nc2ccc(Cl)c(-c3nc4c(Cl)c(C(C)(C)C)[nH]n4n3)c2)cc1. The lowest BCUT2D eigenvalue weighted by molar-refractivity contribution is 0.0600. The van der Waals surface area contributed by atoms with E-state index in [0.717, 1.165) is 5.69 Å². The molecule has 33 heavy (non-hydrogen) atoms. The standard InChI is InChI=1S/C23H21Cl2N5O3/c1-23(2,3)18-17(25)20-27-19(29-30(20)28-18)15-11-14(9-10-16(15)24)26-21(31)12-5-7-13(8-6-12)22(32)33-4/h5-11,28H,1-4H3,(H,26,31). The summed E-state index contributed by atoms with van der Waals surface area (Å²) in [4.78, 5) is 28.8. The molecule has 0 radical (unpaired) electrons. The van der Waals surface area contributed by atoms with Gasteiger partial charge in [-0.05, 0) is 42.5 Å². The largest absolute Gasteiger partial charge is 0.465 e. The Morgan fingerprint density at radius 2 is 1.73 bits per heavy atom. The monoisotopic (exact) mass is 485 g/mol. The molecule has 0 aliphatic rings. The summed E-state index contributed by atoms with van der Waals surface area (Å²) in [5.41, 5.74) is 2.92. The molecule has 0 saturated carbocycles. The van der Waals surface area contributed by atoms with Crippen LogP contribution in [0.2, 0.25) is 10.0 Å². The second-order valence-electron chi connectivity index (χ2n) is 8.44. The van der Waals surface area contributed by atoms with Crippen molar-refractivity contribution in [3.63, 3.8) is 0 Å². The highest BCUT2D eigenvalue weighted by Crippen LogP contribution is 2.34. The number of anilines is 1. The first-order valence-electron chi connectivity index (χ1n) is 10.0. The Morgan fingerprint density at radius 1 is 1.06 bits per heavy atom. The highest BCUT2D eigenvalue weighted by Gasteiger charge is 2.25. The molecule has 0 atom stereocenters. The van der Waals surface area contributed by atoms with Gasteiger partial charge >= 0.3 is 5.97 Å². The fourth-order valence-electron chi connectivity index (χ4n) is 3.26. The minimum absolute atomic E-state index is 0.198. The van der Waals surface area contributed by atoms with Crippen molar-refractivity contribution in [2.24, 2.45) is 0 Å². The average molecular weight is 486 g/mol. The first-order chi connectivity index (χ1) is 15.6. The predicted octanol–water partition coefficient (Wildman–Crippen LogP) is 5.37. The number of esters is 1. The number of hydrogen-bond donors (Lipinski definition) is 2. The molecule has 0 fully saturated rings. The van der Waals surface area contributed by atoms with Gasteiger partial charge in [-0.25, -0.2) is 9.78 Å². The highest BCUT2D eigenvalue weighted by molar-refractivity contribution is 6.34. The molecule has 0 unspecified atom stereocenters. The average Bonchev–Trinajstić information content (AvgIpc) is 3.33. The zero-order valence-electron chi connectivity index (χ0n) is 18.4. The lowest BCUT2D eigenvalue weighted by atomic mass is 9.92. The van der Waals surface area contributed by atoms with E-state index in [4.69, 9.17) is 23.2 Å². The van der Waals surface area contributed by atoms with Gasteiger partial charge in [0.1, 0.15) is 5.02 Å². The Bertz CT molecular complexity index is 1370. The summed E-state index contributed by atoms with van der Waals surface area (Å²) in [5.74, 6) is -0.447. The zero-order chi connectivity index (χ0) is 23.9. The number of ether oxygens (including phenoxy) is 1. The zero-order valence-corrected chi connectivity index (χ0v) is 19.9. The van der Waals surface area contributed by atoms with Gasteiger partial charge in [0.25, 0.3) is 5.91 Å². The molecular weight excluding hydrogens is 465 g/mol. The van der Waals surface area contributed by atoms with Crippen LogP contribution >= 0.6 is 23.2 Å². The molecule has 0 spiro atoms. The lowest BCUT2D eigenvalue weighted by Crippen LogP contribution is -2.13. The molecule has 4 rings (SSSR count). The maximum atomic E-state index is 12.7. The Morgan fingerprint density at radius 3 is 2.33 bits per heavy atom. The maximum absolute atomic E-state index is 12.7. The second kappa shape index (κ2) is 8.53. The number of nitrogens with zero attached hydrogens (tertiary/aromatic N) is 3. The van der Waals surface area contributed by atoms with E-state index in [1.165, 1.54) is 23.9 Å². The molecular formula is C23H21Cl2N5O3. The number of carbonyl (C=O) groups is 2. The minimum Gasteiger partial charge on any atom is -0.465 e. The van der Waals surface area contributed by atoms with E-state index in [9.17, 15) is 9.59 Å². The molecule has 4 aromatic rings. The molecule has 2 N–H and O–H groups in total. The number of rotatable bonds is 4. The topological polar surface area (TPSA) is 101 Å². The Hall–Kier alpha value is -3.36. The van der Waals surface area contributed by atoms with E-state index in [0.29, 0.717) is 43.9 Å². The molecule has 0 aliphatic heterocycles. The van der Waals surface area contributed by atoms with Gasteiger partial charge in [0.05, 0.1) is 23.4 Å². The van der Waals surface area contributed by atoms with Crippen LogP contribution in [0.5, 0.6) is 0 Å². The summed E-state index contributed by atoms with van der Waals surface area (Å²) in [6.07, 6.45) is 0. The third kappa shape index (κ3) is 4.44. The fraction of sp³-hybridized carbons (Fsp3) is 0.217.